The van der Waals surface area contributed by atoms with Crippen LogP contribution in [0.4, 0.5) is 0 Å². The van der Waals surface area contributed by atoms with Crippen LogP contribution in [0.2, 0.25) is 0 Å². The molecule has 1 aliphatic carbocycles. The number of hydrogen-bond donors (Lipinski definition) is 1. The molecule has 1 N–H and O–H groups in total. The molecule has 2 rings (SSSR count). The molecular formula is C19H32N2. The predicted molar refractivity (Wildman–Crippen MR) is 91.8 cm³/mol. The van der Waals surface area contributed by atoms with Crippen LogP contribution in [0.15, 0.2) is 24.3 Å². The zero-order chi connectivity index (χ0) is 15.5. The van der Waals surface area contributed by atoms with Gasteiger partial charge in [0.25, 0.3) is 0 Å². The van der Waals surface area contributed by atoms with E-state index in [2.05, 4.69) is 69.2 Å². The fourth-order valence-corrected chi connectivity index (χ4v) is 2.96. The predicted octanol–water partition coefficient (Wildman–Crippen LogP) is 4.12. The van der Waals surface area contributed by atoms with E-state index in [0.717, 1.165) is 12.6 Å². The summed E-state index contributed by atoms with van der Waals surface area (Å²) in [6, 6.07) is 10.5. The monoisotopic (exact) mass is 288 g/mol. The van der Waals surface area contributed by atoms with Crippen LogP contribution in [-0.2, 0) is 5.41 Å². The number of nitrogens with zero attached hydrogens (tertiary/aromatic N) is 1. The molecular weight excluding hydrogens is 256 g/mol. The Morgan fingerprint density at radius 2 is 1.81 bits per heavy atom. The second-order valence-electron chi connectivity index (χ2n) is 7.44. The molecule has 0 heterocycles. The Balaban J connectivity index is 2.06. The van der Waals surface area contributed by atoms with E-state index < -0.39 is 0 Å². The maximum atomic E-state index is 3.51. The molecule has 1 aliphatic rings. The first kappa shape index (κ1) is 16.5. The number of benzene rings is 1. The average Bonchev–Trinajstić information content (AvgIpc) is 3.27. The van der Waals surface area contributed by atoms with E-state index in [4.69, 9.17) is 0 Å². The molecule has 0 saturated heterocycles. The Morgan fingerprint density at radius 3 is 2.24 bits per heavy atom. The summed E-state index contributed by atoms with van der Waals surface area (Å²) in [5, 5.41) is 3.51. The lowest BCUT2D eigenvalue weighted by Crippen LogP contribution is -2.36. The Morgan fingerprint density at radius 1 is 1.19 bits per heavy atom. The van der Waals surface area contributed by atoms with Gasteiger partial charge in [-0.15, -0.1) is 0 Å². The second kappa shape index (κ2) is 6.93. The lowest BCUT2D eigenvalue weighted by Gasteiger charge is -2.28. The molecule has 0 aromatic heterocycles. The first-order valence-electron chi connectivity index (χ1n) is 8.47. The smallest absolute Gasteiger partial charge is 0.0446 e. The minimum atomic E-state index is 0.232. The third-order valence-electron chi connectivity index (χ3n) is 4.52. The van der Waals surface area contributed by atoms with Gasteiger partial charge >= 0.3 is 0 Å². The summed E-state index contributed by atoms with van der Waals surface area (Å²) in [6.45, 7) is 11.4. The quantitative estimate of drug-likeness (QED) is 0.812. The molecule has 1 aromatic carbocycles. The van der Waals surface area contributed by atoms with E-state index >= 15 is 0 Å². The van der Waals surface area contributed by atoms with Gasteiger partial charge < -0.3 is 5.32 Å². The number of likely N-dealkylation sites (N-methyl/N-ethyl adjacent to an activating group) is 1. The highest BCUT2D eigenvalue weighted by molar-refractivity contribution is 5.29. The Kier molecular flexibility index (Phi) is 5.45. The molecule has 1 aromatic rings. The largest absolute Gasteiger partial charge is 0.312 e. The Hall–Kier alpha value is -0.860. The van der Waals surface area contributed by atoms with Crippen LogP contribution in [0.1, 0.15) is 64.1 Å². The van der Waals surface area contributed by atoms with Crippen molar-refractivity contribution in [3.8, 4) is 0 Å². The highest BCUT2D eigenvalue weighted by atomic mass is 15.2. The summed E-state index contributed by atoms with van der Waals surface area (Å²) >= 11 is 0. The number of rotatable bonds is 7. The van der Waals surface area contributed by atoms with Gasteiger partial charge in [0.2, 0.25) is 0 Å². The number of nitrogens with one attached hydrogen (secondary N) is 1. The lowest BCUT2D eigenvalue weighted by molar-refractivity contribution is 0.237. The van der Waals surface area contributed by atoms with Gasteiger partial charge in [-0.2, -0.15) is 0 Å². The van der Waals surface area contributed by atoms with Gasteiger partial charge in [-0.3, -0.25) is 4.90 Å². The van der Waals surface area contributed by atoms with Crippen molar-refractivity contribution in [1.29, 1.82) is 0 Å². The van der Waals surface area contributed by atoms with Crippen LogP contribution in [0.25, 0.3) is 0 Å². The molecule has 1 saturated carbocycles. The standard InChI is InChI=1S/C19H32N2/c1-6-13-21(17-11-12-17)14-18(20-5)15-7-9-16(10-8-15)19(2,3)4/h7-10,17-18,20H,6,11-14H2,1-5H3. The zero-order valence-corrected chi connectivity index (χ0v) is 14.4. The summed E-state index contributed by atoms with van der Waals surface area (Å²) in [5.74, 6) is 0. The SMILES string of the molecule is CCCN(CC(NC)c1ccc(C(C)(C)C)cc1)C1CC1. The van der Waals surface area contributed by atoms with Crippen molar-refractivity contribution in [3.63, 3.8) is 0 Å². The molecule has 0 spiro atoms. The maximum Gasteiger partial charge on any atom is 0.0446 e. The average molecular weight is 288 g/mol. The fraction of sp³-hybridized carbons (Fsp3) is 0.684. The minimum Gasteiger partial charge on any atom is -0.312 e. The molecule has 21 heavy (non-hydrogen) atoms. The van der Waals surface area contributed by atoms with E-state index in [1.54, 1.807) is 0 Å². The first-order valence-corrected chi connectivity index (χ1v) is 8.47. The van der Waals surface area contributed by atoms with E-state index in [0.29, 0.717) is 6.04 Å². The van der Waals surface area contributed by atoms with E-state index in [9.17, 15) is 0 Å². The van der Waals surface area contributed by atoms with Crippen molar-refractivity contribution in [3.05, 3.63) is 35.4 Å². The summed E-state index contributed by atoms with van der Waals surface area (Å²) in [4.78, 5) is 2.67. The third kappa shape index (κ3) is 4.55. The molecule has 1 atom stereocenters. The lowest BCUT2D eigenvalue weighted by atomic mass is 9.86. The highest BCUT2D eigenvalue weighted by Crippen LogP contribution is 2.29. The van der Waals surface area contributed by atoms with Gasteiger partial charge in [-0.25, -0.2) is 0 Å². The number of hydrogen-bond acceptors (Lipinski definition) is 2. The summed E-state index contributed by atoms with van der Waals surface area (Å²) in [7, 11) is 2.08. The molecule has 118 valence electrons. The second-order valence-corrected chi connectivity index (χ2v) is 7.44. The van der Waals surface area contributed by atoms with Crippen molar-refractivity contribution in [2.24, 2.45) is 0 Å². The summed E-state index contributed by atoms with van der Waals surface area (Å²) in [5.41, 5.74) is 3.05. The molecule has 0 bridgehead atoms. The minimum absolute atomic E-state index is 0.232. The first-order chi connectivity index (χ1) is 9.95. The van der Waals surface area contributed by atoms with E-state index in [1.807, 2.05) is 0 Å². The zero-order valence-electron chi connectivity index (χ0n) is 14.4. The molecule has 0 aliphatic heterocycles. The molecule has 2 heteroatoms. The summed E-state index contributed by atoms with van der Waals surface area (Å²) in [6.07, 6.45) is 4.02. The van der Waals surface area contributed by atoms with Crippen molar-refractivity contribution in [1.82, 2.24) is 10.2 Å². The van der Waals surface area contributed by atoms with Crippen LogP contribution < -0.4 is 5.32 Å². The molecule has 0 radical (unpaired) electrons. The topological polar surface area (TPSA) is 15.3 Å². The van der Waals surface area contributed by atoms with Gasteiger partial charge in [-0.1, -0.05) is 52.0 Å². The van der Waals surface area contributed by atoms with Crippen LogP contribution in [0, 0.1) is 0 Å². The third-order valence-corrected chi connectivity index (χ3v) is 4.52. The van der Waals surface area contributed by atoms with Crippen LogP contribution in [0.5, 0.6) is 0 Å². The van der Waals surface area contributed by atoms with Crippen molar-refractivity contribution >= 4 is 0 Å². The normalized spacial score (nSPS) is 17.2. The van der Waals surface area contributed by atoms with Crippen molar-refractivity contribution < 1.29 is 0 Å². The summed E-state index contributed by atoms with van der Waals surface area (Å²) < 4.78 is 0. The Bertz CT molecular complexity index is 426. The maximum absolute atomic E-state index is 3.51. The molecule has 1 unspecified atom stereocenters. The Labute approximate surface area is 130 Å². The molecule has 0 amide bonds. The van der Waals surface area contributed by atoms with Gasteiger partial charge in [-0.05, 0) is 49.4 Å². The van der Waals surface area contributed by atoms with Gasteiger partial charge in [0, 0.05) is 18.6 Å². The fourth-order valence-electron chi connectivity index (χ4n) is 2.96. The van der Waals surface area contributed by atoms with Crippen molar-refractivity contribution in [2.45, 2.75) is 64.5 Å². The van der Waals surface area contributed by atoms with Gasteiger partial charge in [0.15, 0.2) is 0 Å². The van der Waals surface area contributed by atoms with Crippen molar-refractivity contribution in [2.75, 3.05) is 20.1 Å². The van der Waals surface area contributed by atoms with E-state index in [-0.39, 0.29) is 5.41 Å². The van der Waals surface area contributed by atoms with E-state index in [1.165, 1.54) is 36.9 Å². The highest BCUT2D eigenvalue weighted by Gasteiger charge is 2.30. The van der Waals surface area contributed by atoms with Gasteiger partial charge in [0.1, 0.15) is 0 Å². The van der Waals surface area contributed by atoms with Crippen LogP contribution in [0.3, 0.4) is 0 Å². The van der Waals surface area contributed by atoms with Crippen LogP contribution >= 0.6 is 0 Å². The molecule has 2 nitrogen and oxygen atoms in total. The van der Waals surface area contributed by atoms with Gasteiger partial charge in [0.05, 0.1) is 0 Å². The van der Waals surface area contributed by atoms with Crippen LogP contribution in [-0.4, -0.2) is 31.1 Å². The molecule has 1 fully saturated rings.